The monoisotopic (exact) mass is 380 g/mol. The van der Waals surface area contributed by atoms with Crippen molar-refractivity contribution in [1.29, 1.82) is 0 Å². The lowest BCUT2D eigenvalue weighted by Gasteiger charge is -2.12. The summed E-state index contributed by atoms with van der Waals surface area (Å²) in [6, 6.07) is 8.48. The number of rotatable bonds is 4. The van der Waals surface area contributed by atoms with E-state index < -0.39 is 23.8 Å². The summed E-state index contributed by atoms with van der Waals surface area (Å²) in [5.41, 5.74) is 0.475. The van der Waals surface area contributed by atoms with Crippen molar-refractivity contribution in [2.24, 2.45) is 12.1 Å². The van der Waals surface area contributed by atoms with Crippen molar-refractivity contribution < 1.29 is 32.1 Å². The first-order chi connectivity index (χ1) is 12.7. The second-order valence-corrected chi connectivity index (χ2v) is 5.47. The molecule has 1 heterocycles. The van der Waals surface area contributed by atoms with Gasteiger partial charge in [0.1, 0.15) is 11.6 Å². The van der Waals surface area contributed by atoms with Gasteiger partial charge >= 0.3 is 6.36 Å². The van der Waals surface area contributed by atoms with E-state index in [1.165, 1.54) is 46.3 Å². The molecule has 0 unspecified atom stereocenters. The van der Waals surface area contributed by atoms with Crippen molar-refractivity contribution in [1.82, 2.24) is 9.78 Å². The molecule has 27 heavy (non-hydrogen) atoms. The van der Waals surface area contributed by atoms with Gasteiger partial charge in [-0.15, -0.1) is 27.6 Å². The molecule has 0 radical (unpaired) electrons. The van der Waals surface area contributed by atoms with Gasteiger partial charge in [-0.1, -0.05) is 24.3 Å². The summed E-state index contributed by atoms with van der Waals surface area (Å²) >= 11 is 0. The zero-order valence-electron chi connectivity index (χ0n) is 13.8. The van der Waals surface area contributed by atoms with Crippen LogP contribution in [0, 0.1) is 5.82 Å². The van der Waals surface area contributed by atoms with Crippen LogP contribution in [-0.2, 0) is 7.05 Å². The summed E-state index contributed by atoms with van der Waals surface area (Å²) in [5.74, 6) is -1.80. The minimum Gasteiger partial charge on any atom is -0.856 e. The van der Waals surface area contributed by atoms with E-state index in [1.807, 2.05) is 0 Å². The summed E-state index contributed by atoms with van der Waals surface area (Å²) in [6.07, 6.45) is -2.04. The summed E-state index contributed by atoms with van der Waals surface area (Å²) in [5, 5.41) is 19.7. The maximum absolute atomic E-state index is 14.4. The molecule has 0 aliphatic heterocycles. The Morgan fingerprint density at radius 3 is 2.44 bits per heavy atom. The van der Waals surface area contributed by atoms with Crippen LogP contribution in [0.3, 0.4) is 0 Å². The standard InChI is InChI=1S/C17H12F4N4O2/c1-24-10-25(9-22-24)23-16(26)12-4-7-14(15(18)8-12)11-2-5-13(6-3-11)27-17(19,20)21/h2-10H,1H3. The zero-order chi connectivity index (χ0) is 19.6. The third-order valence-corrected chi connectivity index (χ3v) is 3.46. The summed E-state index contributed by atoms with van der Waals surface area (Å²) < 4.78 is 57.3. The summed E-state index contributed by atoms with van der Waals surface area (Å²) in [7, 11) is 1.65. The molecule has 0 atom stereocenters. The zero-order valence-corrected chi connectivity index (χ0v) is 13.8. The predicted molar refractivity (Wildman–Crippen MR) is 83.9 cm³/mol. The van der Waals surface area contributed by atoms with E-state index in [0.29, 0.717) is 5.56 Å². The van der Waals surface area contributed by atoms with Gasteiger partial charge in [0, 0.05) is 16.6 Å². The molecule has 0 spiro atoms. The molecule has 0 bridgehead atoms. The largest absolute Gasteiger partial charge is 0.856 e. The summed E-state index contributed by atoms with van der Waals surface area (Å²) in [6.45, 7) is 0. The molecule has 0 N–H and O–H groups in total. The lowest BCUT2D eigenvalue weighted by molar-refractivity contribution is -0.682. The van der Waals surface area contributed by atoms with Crippen molar-refractivity contribution in [2.45, 2.75) is 6.36 Å². The maximum Gasteiger partial charge on any atom is 0.573 e. The van der Waals surface area contributed by atoms with Crippen LogP contribution in [-0.4, -0.2) is 22.0 Å². The highest BCUT2D eigenvalue weighted by Gasteiger charge is 2.31. The first-order valence-electron chi connectivity index (χ1n) is 7.53. The Kier molecular flexibility index (Phi) is 4.80. The number of benzene rings is 2. The maximum atomic E-state index is 14.4. The van der Waals surface area contributed by atoms with E-state index >= 15 is 0 Å². The average molecular weight is 380 g/mol. The van der Waals surface area contributed by atoms with Crippen molar-refractivity contribution >= 4 is 5.90 Å². The van der Waals surface area contributed by atoms with Crippen molar-refractivity contribution in [3.8, 4) is 16.9 Å². The van der Waals surface area contributed by atoms with E-state index in [2.05, 4.69) is 14.9 Å². The van der Waals surface area contributed by atoms with E-state index in [4.69, 9.17) is 0 Å². The molecular weight excluding hydrogens is 368 g/mol. The second kappa shape index (κ2) is 7.06. The molecule has 1 aromatic heterocycles. The number of aryl methyl sites for hydroxylation is 1. The van der Waals surface area contributed by atoms with E-state index in [9.17, 15) is 22.7 Å². The molecule has 0 amide bonds. The lowest BCUT2D eigenvalue weighted by Crippen LogP contribution is -2.32. The normalized spacial score (nSPS) is 12.3. The lowest BCUT2D eigenvalue weighted by atomic mass is 10.0. The van der Waals surface area contributed by atoms with Gasteiger partial charge in [-0.05, 0) is 29.3 Å². The Hall–Kier alpha value is -3.43. The fourth-order valence-corrected chi connectivity index (χ4v) is 2.30. The number of aromatic nitrogens is 3. The van der Waals surface area contributed by atoms with Crippen LogP contribution in [0.4, 0.5) is 17.6 Å². The molecule has 3 aromatic rings. The van der Waals surface area contributed by atoms with Crippen LogP contribution >= 0.6 is 0 Å². The number of hydrogen-bond donors (Lipinski definition) is 0. The van der Waals surface area contributed by atoms with Gasteiger partial charge < -0.3 is 9.84 Å². The molecule has 0 saturated carbocycles. The van der Waals surface area contributed by atoms with Crippen molar-refractivity contribution in [3.63, 3.8) is 0 Å². The van der Waals surface area contributed by atoms with Crippen LogP contribution < -0.4 is 14.5 Å². The third-order valence-electron chi connectivity index (χ3n) is 3.46. The van der Waals surface area contributed by atoms with Crippen LogP contribution in [0.1, 0.15) is 5.56 Å². The second-order valence-electron chi connectivity index (χ2n) is 5.47. The molecule has 3 rings (SSSR count). The quantitative estimate of drug-likeness (QED) is 0.301. The van der Waals surface area contributed by atoms with E-state index in [0.717, 1.165) is 18.2 Å². The van der Waals surface area contributed by atoms with Crippen LogP contribution in [0.25, 0.3) is 11.1 Å². The first kappa shape index (κ1) is 18.4. The Bertz CT molecular complexity index is 981. The fourth-order valence-electron chi connectivity index (χ4n) is 2.30. The topological polar surface area (TPSA) is 66.3 Å². The number of halogens is 4. The number of ether oxygens (including phenoxy) is 1. The molecule has 2 aromatic carbocycles. The minimum atomic E-state index is -4.80. The molecule has 10 heteroatoms. The van der Waals surface area contributed by atoms with E-state index in [-0.39, 0.29) is 11.1 Å². The highest BCUT2D eigenvalue weighted by atomic mass is 19.4. The molecule has 0 fully saturated rings. The first-order valence-corrected chi connectivity index (χ1v) is 7.53. The van der Waals surface area contributed by atoms with Crippen LogP contribution in [0.2, 0.25) is 0 Å². The van der Waals surface area contributed by atoms with Gasteiger partial charge in [-0.2, -0.15) is 0 Å². The van der Waals surface area contributed by atoms with Crippen molar-refractivity contribution in [2.75, 3.05) is 0 Å². The number of nitrogens with zero attached hydrogens (tertiary/aromatic N) is 4. The fraction of sp³-hybridized carbons (Fsp3) is 0.118. The number of alkyl halides is 3. The molecule has 0 aliphatic rings. The van der Waals surface area contributed by atoms with Crippen LogP contribution in [0.15, 0.2) is 60.2 Å². The smallest absolute Gasteiger partial charge is 0.573 e. The Morgan fingerprint density at radius 1 is 1.19 bits per heavy atom. The van der Waals surface area contributed by atoms with Gasteiger partial charge in [-0.25, -0.2) is 4.39 Å². The van der Waals surface area contributed by atoms with Gasteiger partial charge in [0.2, 0.25) is 6.33 Å². The molecule has 0 saturated heterocycles. The predicted octanol–water partition coefficient (Wildman–Crippen LogP) is 1.98. The molecular formula is C17H12F4N4O2. The minimum absolute atomic E-state index is 0.0182. The third kappa shape index (κ3) is 4.60. The van der Waals surface area contributed by atoms with E-state index in [1.54, 1.807) is 7.05 Å². The SMILES string of the molecule is Cn1c[n+](N=C([O-])c2ccc(-c3ccc(OC(F)(F)F)cc3)c(F)c2)cn1. The van der Waals surface area contributed by atoms with Gasteiger partial charge in [0.25, 0.3) is 6.33 Å². The van der Waals surface area contributed by atoms with Gasteiger partial charge in [0.15, 0.2) is 0 Å². The molecule has 140 valence electrons. The molecule has 6 nitrogen and oxygen atoms in total. The average Bonchev–Trinajstić information content (AvgIpc) is 2.99. The Morgan fingerprint density at radius 2 is 1.89 bits per heavy atom. The van der Waals surface area contributed by atoms with Crippen LogP contribution in [0.5, 0.6) is 5.75 Å². The van der Waals surface area contributed by atoms with Gasteiger partial charge in [-0.3, -0.25) is 0 Å². The summed E-state index contributed by atoms with van der Waals surface area (Å²) in [4.78, 5) is 0. The Balaban J connectivity index is 1.83. The highest BCUT2D eigenvalue weighted by Crippen LogP contribution is 2.28. The number of hydrogen-bond acceptors (Lipinski definition) is 4. The van der Waals surface area contributed by atoms with Gasteiger partial charge in [0.05, 0.1) is 7.05 Å². The highest BCUT2D eigenvalue weighted by molar-refractivity contribution is 5.90. The molecule has 0 aliphatic carbocycles. The van der Waals surface area contributed by atoms with Crippen molar-refractivity contribution in [3.05, 3.63) is 66.5 Å². The Labute approximate surface area is 150 Å².